The van der Waals surface area contributed by atoms with Gasteiger partial charge in [0.1, 0.15) is 22.1 Å². The van der Waals surface area contributed by atoms with Crippen LogP contribution >= 0.6 is 11.8 Å². The fraction of sp³-hybridized carbons (Fsp3) is 0.419. The number of cyclic esters (lactones) is 1. The first-order valence-electron chi connectivity index (χ1n) is 13.7. The summed E-state index contributed by atoms with van der Waals surface area (Å²) in [7, 11) is -3.70. The molecule has 0 bridgehead atoms. The highest BCUT2D eigenvalue weighted by Gasteiger charge is 2.44. The summed E-state index contributed by atoms with van der Waals surface area (Å²) in [6, 6.07) is 13.7. The lowest BCUT2D eigenvalue weighted by atomic mass is 9.80. The minimum Gasteiger partial charge on any atom is -0.511 e. The molecule has 220 valence electrons. The Labute approximate surface area is 247 Å². The van der Waals surface area contributed by atoms with Gasteiger partial charge in [0.2, 0.25) is 0 Å². The molecular formula is C31H39N3O5S2. The SMILES string of the molecule is Cc1cc(SC2=C(O)CC(CCc3ccccc3)(C(C)C)OC2=O)c(C(C)(C)C)cc1NS(=O)(=O)Cn1ccnc1. The van der Waals surface area contributed by atoms with Crippen molar-refractivity contribution in [1.82, 2.24) is 9.55 Å². The van der Waals surface area contributed by atoms with Gasteiger partial charge in [0.15, 0.2) is 0 Å². The first-order chi connectivity index (χ1) is 19.2. The van der Waals surface area contributed by atoms with Crippen molar-refractivity contribution in [3.8, 4) is 0 Å². The lowest BCUT2D eigenvalue weighted by molar-refractivity contribution is -0.164. The molecule has 4 rings (SSSR count). The number of nitrogens with zero attached hydrogens (tertiary/aromatic N) is 2. The van der Waals surface area contributed by atoms with Crippen molar-refractivity contribution in [3.63, 3.8) is 0 Å². The smallest absolute Gasteiger partial charge is 0.349 e. The first-order valence-corrected chi connectivity index (χ1v) is 16.1. The topological polar surface area (TPSA) is 111 Å². The fourth-order valence-corrected chi connectivity index (χ4v) is 7.34. The van der Waals surface area contributed by atoms with E-state index in [0.29, 0.717) is 17.7 Å². The average molecular weight is 598 g/mol. The Morgan fingerprint density at radius 1 is 1.20 bits per heavy atom. The molecule has 0 amide bonds. The third kappa shape index (κ3) is 7.35. The van der Waals surface area contributed by atoms with Gasteiger partial charge in [-0.15, -0.1) is 0 Å². The molecule has 1 atom stereocenters. The number of aryl methyl sites for hydroxylation is 2. The summed E-state index contributed by atoms with van der Waals surface area (Å²) in [6.07, 6.45) is 6.13. The van der Waals surface area contributed by atoms with E-state index >= 15 is 0 Å². The van der Waals surface area contributed by atoms with Gasteiger partial charge in [-0.25, -0.2) is 18.2 Å². The summed E-state index contributed by atoms with van der Waals surface area (Å²) in [4.78, 5) is 18.3. The molecule has 2 aromatic carbocycles. The fourth-order valence-electron chi connectivity index (χ4n) is 4.93. The van der Waals surface area contributed by atoms with E-state index < -0.39 is 21.6 Å². The molecule has 3 aromatic rings. The number of sulfonamides is 1. The molecule has 2 N–H and O–H groups in total. The van der Waals surface area contributed by atoms with Gasteiger partial charge in [-0.1, -0.05) is 76.7 Å². The minimum atomic E-state index is -3.70. The van der Waals surface area contributed by atoms with Crippen molar-refractivity contribution in [2.24, 2.45) is 5.92 Å². The maximum Gasteiger partial charge on any atom is 0.349 e. The Hall–Kier alpha value is -3.24. The zero-order chi connectivity index (χ0) is 30.0. The van der Waals surface area contributed by atoms with Gasteiger partial charge < -0.3 is 14.4 Å². The van der Waals surface area contributed by atoms with E-state index in [1.807, 2.05) is 84.0 Å². The van der Waals surface area contributed by atoms with Crippen LogP contribution in [0.3, 0.4) is 0 Å². The van der Waals surface area contributed by atoms with Crippen LogP contribution in [0.1, 0.15) is 64.2 Å². The zero-order valence-corrected chi connectivity index (χ0v) is 26.1. The zero-order valence-electron chi connectivity index (χ0n) is 24.5. The number of anilines is 1. The number of hydrogen-bond acceptors (Lipinski definition) is 7. The van der Waals surface area contributed by atoms with Crippen molar-refractivity contribution in [1.29, 1.82) is 0 Å². The van der Waals surface area contributed by atoms with E-state index in [4.69, 9.17) is 4.74 Å². The van der Waals surface area contributed by atoms with Crippen molar-refractivity contribution < 1.29 is 23.1 Å². The summed E-state index contributed by atoms with van der Waals surface area (Å²) in [6.45, 7) is 11.9. The molecule has 1 aliphatic heterocycles. The van der Waals surface area contributed by atoms with Gasteiger partial charge in [-0.2, -0.15) is 0 Å². The summed E-state index contributed by atoms with van der Waals surface area (Å²) < 4.78 is 36.0. The van der Waals surface area contributed by atoms with Gasteiger partial charge in [-0.05, 0) is 59.9 Å². The summed E-state index contributed by atoms with van der Waals surface area (Å²) in [5.74, 6) is -0.771. The summed E-state index contributed by atoms with van der Waals surface area (Å²) in [5, 5.41) is 11.2. The predicted molar refractivity (Wildman–Crippen MR) is 163 cm³/mol. The van der Waals surface area contributed by atoms with Crippen LogP contribution in [0, 0.1) is 12.8 Å². The number of aliphatic hydroxyl groups is 1. The molecule has 1 aromatic heterocycles. The van der Waals surface area contributed by atoms with Crippen molar-refractivity contribution in [2.75, 3.05) is 4.72 Å². The van der Waals surface area contributed by atoms with Crippen LogP contribution in [-0.2, 0) is 37.3 Å². The third-order valence-electron chi connectivity index (χ3n) is 7.43. The standard InChI is InChI=1S/C31H39N3O5S2/c1-21(2)31(13-12-23-10-8-7-9-11-23)18-26(35)28(29(36)39-31)40-27-16-22(3)25(17-24(27)30(4,5)6)33-41(37,38)20-34-15-14-32-19-34/h7-11,14-17,19,21,33,35H,12-13,18,20H2,1-6H3. The predicted octanol–water partition coefficient (Wildman–Crippen LogP) is 6.72. The number of rotatable bonds is 10. The number of carbonyl (C=O) groups is 1. The molecule has 0 fully saturated rings. The number of ether oxygens (including phenoxy) is 1. The van der Waals surface area contributed by atoms with Crippen LogP contribution in [0.25, 0.3) is 0 Å². The van der Waals surface area contributed by atoms with Crippen LogP contribution in [0.2, 0.25) is 0 Å². The number of carbonyl (C=O) groups excluding carboxylic acids is 1. The molecule has 0 aliphatic carbocycles. The average Bonchev–Trinajstić information content (AvgIpc) is 3.38. The Morgan fingerprint density at radius 3 is 2.49 bits per heavy atom. The monoisotopic (exact) mass is 597 g/mol. The van der Waals surface area contributed by atoms with Gasteiger partial charge in [0.25, 0.3) is 10.0 Å². The van der Waals surface area contributed by atoms with E-state index in [1.165, 1.54) is 28.9 Å². The second-order valence-corrected chi connectivity index (χ2v) is 14.7. The second-order valence-electron chi connectivity index (χ2n) is 12.0. The Morgan fingerprint density at radius 2 is 1.90 bits per heavy atom. The van der Waals surface area contributed by atoms with Crippen molar-refractivity contribution in [3.05, 3.63) is 88.5 Å². The van der Waals surface area contributed by atoms with Gasteiger partial charge in [0, 0.05) is 23.7 Å². The molecule has 8 nitrogen and oxygen atoms in total. The molecule has 10 heteroatoms. The largest absolute Gasteiger partial charge is 0.511 e. The number of imidazole rings is 1. The van der Waals surface area contributed by atoms with Gasteiger partial charge in [0.05, 0.1) is 12.0 Å². The normalized spacial score (nSPS) is 18.1. The second kappa shape index (κ2) is 11.9. The van der Waals surface area contributed by atoms with E-state index in [0.717, 1.165) is 22.4 Å². The molecule has 0 saturated carbocycles. The maximum atomic E-state index is 13.4. The number of hydrogen-bond donors (Lipinski definition) is 2. The summed E-state index contributed by atoms with van der Waals surface area (Å²) >= 11 is 1.17. The Bertz CT molecular complexity index is 1530. The van der Waals surface area contributed by atoms with Crippen molar-refractivity contribution >= 4 is 33.4 Å². The molecule has 2 heterocycles. The lowest BCUT2D eigenvalue weighted by Gasteiger charge is -2.40. The van der Waals surface area contributed by atoms with Crippen LogP contribution in [0.4, 0.5) is 5.69 Å². The van der Waals surface area contributed by atoms with Gasteiger partial charge >= 0.3 is 5.97 Å². The number of nitrogens with one attached hydrogen (secondary N) is 1. The minimum absolute atomic E-state index is 0.00544. The molecule has 1 unspecified atom stereocenters. The Kier molecular flexibility index (Phi) is 8.94. The van der Waals surface area contributed by atoms with Crippen LogP contribution in [0.5, 0.6) is 0 Å². The number of aliphatic hydroxyl groups excluding tert-OH is 1. The number of thioether (sulfide) groups is 1. The number of benzene rings is 2. The first kappa shape index (κ1) is 30.7. The summed E-state index contributed by atoms with van der Waals surface area (Å²) in [5.41, 5.74) is 1.96. The molecular weight excluding hydrogens is 558 g/mol. The lowest BCUT2D eigenvalue weighted by Crippen LogP contribution is -2.44. The highest BCUT2D eigenvalue weighted by atomic mass is 32.2. The molecule has 1 aliphatic rings. The maximum absolute atomic E-state index is 13.4. The van der Waals surface area contributed by atoms with Crippen LogP contribution in [0.15, 0.2) is 76.7 Å². The molecule has 41 heavy (non-hydrogen) atoms. The van der Waals surface area contributed by atoms with Crippen LogP contribution in [-0.4, -0.2) is 34.6 Å². The van der Waals surface area contributed by atoms with E-state index in [9.17, 15) is 18.3 Å². The number of esters is 1. The van der Waals surface area contributed by atoms with Crippen molar-refractivity contribution in [2.45, 2.75) is 82.6 Å². The number of aromatic nitrogens is 2. The van der Waals surface area contributed by atoms with E-state index in [-0.39, 0.29) is 34.3 Å². The highest BCUT2D eigenvalue weighted by Crippen LogP contribution is 2.46. The third-order valence-corrected chi connectivity index (χ3v) is 9.77. The quantitative estimate of drug-likeness (QED) is 0.250. The van der Waals surface area contributed by atoms with Crippen LogP contribution < -0.4 is 4.72 Å². The van der Waals surface area contributed by atoms with E-state index in [1.54, 1.807) is 6.20 Å². The van der Waals surface area contributed by atoms with E-state index in [2.05, 4.69) is 9.71 Å². The molecule has 0 saturated heterocycles. The Balaban J connectivity index is 1.62. The van der Waals surface area contributed by atoms with Gasteiger partial charge in [-0.3, -0.25) is 4.72 Å². The molecule has 0 radical (unpaired) electrons. The highest BCUT2D eigenvalue weighted by molar-refractivity contribution is 8.04. The molecule has 0 spiro atoms.